The molecule has 0 bridgehead atoms. The lowest BCUT2D eigenvalue weighted by Crippen LogP contribution is -2.36. The van der Waals surface area contributed by atoms with Gasteiger partial charge in [-0.25, -0.2) is 15.0 Å². The van der Waals surface area contributed by atoms with Crippen molar-refractivity contribution in [2.24, 2.45) is 13.0 Å². The van der Waals surface area contributed by atoms with Crippen molar-refractivity contribution < 1.29 is 4.79 Å². The Bertz CT molecular complexity index is 1090. The van der Waals surface area contributed by atoms with E-state index < -0.39 is 0 Å². The SMILES string of the molecule is Cn1c(CNC(=O)CC[C@H]2CCCN(c3cc(NC4CC4)ncn3)C2)nc2ccccc21. The van der Waals surface area contributed by atoms with E-state index >= 15 is 0 Å². The van der Waals surface area contributed by atoms with Crippen molar-refractivity contribution >= 4 is 28.6 Å². The second kappa shape index (κ2) is 9.14. The van der Waals surface area contributed by atoms with Crippen LogP contribution in [0.4, 0.5) is 11.6 Å². The van der Waals surface area contributed by atoms with E-state index in [1.165, 1.54) is 12.8 Å². The van der Waals surface area contributed by atoms with Gasteiger partial charge in [-0.15, -0.1) is 0 Å². The Morgan fingerprint density at radius 1 is 1.19 bits per heavy atom. The topological polar surface area (TPSA) is 88.0 Å². The van der Waals surface area contributed by atoms with Crippen LogP contribution in [0.5, 0.6) is 0 Å². The van der Waals surface area contributed by atoms with Crippen LogP contribution in [0.3, 0.4) is 0 Å². The largest absolute Gasteiger partial charge is 0.367 e. The molecule has 8 heteroatoms. The van der Waals surface area contributed by atoms with Crippen molar-refractivity contribution in [1.82, 2.24) is 24.8 Å². The number of aryl methyl sites for hydroxylation is 1. The Morgan fingerprint density at radius 2 is 2.06 bits per heavy atom. The molecule has 5 rings (SSSR count). The van der Waals surface area contributed by atoms with Gasteiger partial charge in [0.05, 0.1) is 17.6 Å². The number of para-hydroxylation sites is 2. The molecule has 1 saturated carbocycles. The molecule has 3 heterocycles. The number of piperidine rings is 1. The molecule has 168 valence electrons. The zero-order chi connectivity index (χ0) is 21.9. The summed E-state index contributed by atoms with van der Waals surface area (Å²) >= 11 is 0. The average Bonchev–Trinajstić information content (AvgIpc) is 3.58. The highest BCUT2D eigenvalue weighted by Crippen LogP contribution is 2.28. The third-order valence-electron chi connectivity index (χ3n) is 6.53. The number of imidazole rings is 1. The van der Waals surface area contributed by atoms with Crippen molar-refractivity contribution in [1.29, 1.82) is 0 Å². The van der Waals surface area contributed by atoms with Gasteiger partial charge in [0.25, 0.3) is 0 Å². The number of benzene rings is 1. The molecule has 1 aliphatic carbocycles. The Labute approximate surface area is 188 Å². The minimum atomic E-state index is 0.0899. The van der Waals surface area contributed by atoms with Gasteiger partial charge >= 0.3 is 0 Å². The van der Waals surface area contributed by atoms with Crippen LogP contribution in [0, 0.1) is 5.92 Å². The fourth-order valence-electron chi connectivity index (χ4n) is 4.50. The molecule has 1 aromatic carbocycles. The van der Waals surface area contributed by atoms with Gasteiger partial charge < -0.3 is 20.1 Å². The van der Waals surface area contributed by atoms with E-state index in [1.54, 1.807) is 6.33 Å². The third-order valence-corrected chi connectivity index (χ3v) is 6.53. The Kier molecular flexibility index (Phi) is 5.92. The van der Waals surface area contributed by atoms with Crippen molar-refractivity contribution in [2.75, 3.05) is 23.3 Å². The highest BCUT2D eigenvalue weighted by atomic mass is 16.1. The van der Waals surface area contributed by atoms with Crippen LogP contribution in [0.15, 0.2) is 36.7 Å². The summed E-state index contributed by atoms with van der Waals surface area (Å²) in [4.78, 5) is 28.3. The summed E-state index contributed by atoms with van der Waals surface area (Å²) in [6.45, 7) is 2.41. The minimum absolute atomic E-state index is 0.0899. The van der Waals surface area contributed by atoms with E-state index in [4.69, 9.17) is 0 Å². The molecule has 0 unspecified atom stereocenters. The predicted octanol–water partition coefficient (Wildman–Crippen LogP) is 3.25. The number of hydrogen-bond donors (Lipinski definition) is 2. The standard InChI is InChI=1S/C24H31N7O/c1-30-20-7-3-2-6-19(20)29-23(30)14-25-24(32)11-8-17-5-4-12-31(15-17)22-13-21(26-16-27-22)28-18-9-10-18/h2-3,6-7,13,16-18H,4-5,8-12,14-15H2,1H3,(H,25,32)(H,26,27,28)/t17-/m1/s1. The first kappa shape index (κ1) is 20.7. The van der Waals surface area contributed by atoms with Crippen LogP contribution in [0.2, 0.25) is 0 Å². The number of nitrogens with zero attached hydrogens (tertiary/aromatic N) is 5. The van der Waals surface area contributed by atoms with E-state index in [0.29, 0.717) is 24.9 Å². The summed E-state index contributed by atoms with van der Waals surface area (Å²) in [6, 6.07) is 10.7. The van der Waals surface area contributed by atoms with Gasteiger partial charge in [0.1, 0.15) is 23.8 Å². The summed E-state index contributed by atoms with van der Waals surface area (Å²) in [5.41, 5.74) is 2.04. The molecule has 2 aromatic heterocycles. The molecule has 0 spiro atoms. The fourth-order valence-corrected chi connectivity index (χ4v) is 4.50. The van der Waals surface area contributed by atoms with Gasteiger partial charge in [-0.1, -0.05) is 12.1 Å². The van der Waals surface area contributed by atoms with E-state index in [2.05, 4.69) is 36.6 Å². The molecule has 0 radical (unpaired) electrons. The molecule has 1 amide bonds. The monoisotopic (exact) mass is 433 g/mol. The van der Waals surface area contributed by atoms with Crippen LogP contribution in [0.25, 0.3) is 11.0 Å². The van der Waals surface area contributed by atoms with Crippen molar-refractivity contribution in [3.8, 4) is 0 Å². The second-order valence-electron chi connectivity index (χ2n) is 9.03. The molecular weight excluding hydrogens is 402 g/mol. The molecule has 1 atom stereocenters. The first-order valence-electron chi connectivity index (χ1n) is 11.7. The summed E-state index contributed by atoms with van der Waals surface area (Å²) in [5.74, 6) is 3.37. The molecule has 2 N–H and O–H groups in total. The number of carbonyl (C=O) groups is 1. The first-order chi connectivity index (χ1) is 15.7. The highest BCUT2D eigenvalue weighted by molar-refractivity contribution is 5.77. The number of rotatable bonds is 8. The zero-order valence-corrected chi connectivity index (χ0v) is 18.6. The number of anilines is 2. The smallest absolute Gasteiger partial charge is 0.220 e. The Hall–Kier alpha value is -3.16. The number of nitrogens with one attached hydrogen (secondary N) is 2. The van der Waals surface area contributed by atoms with Crippen LogP contribution in [-0.4, -0.2) is 44.6 Å². The Balaban J connectivity index is 1.11. The number of aromatic nitrogens is 4. The number of amides is 1. The molecule has 32 heavy (non-hydrogen) atoms. The molecule has 1 saturated heterocycles. The van der Waals surface area contributed by atoms with Gasteiger partial charge in [-0.2, -0.15) is 0 Å². The predicted molar refractivity (Wildman–Crippen MR) is 125 cm³/mol. The third kappa shape index (κ3) is 4.84. The molecule has 8 nitrogen and oxygen atoms in total. The lowest BCUT2D eigenvalue weighted by atomic mass is 9.93. The molecule has 1 aliphatic heterocycles. The number of fused-ring (bicyclic) bond motifs is 1. The van der Waals surface area contributed by atoms with Gasteiger partial charge in [0.15, 0.2) is 0 Å². The summed E-state index contributed by atoms with van der Waals surface area (Å²) in [6.07, 6.45) is 7.82. The summed E-state index contributed by atoms with van der Waals surface area (Å²) in [7, 11) is 1.99. The normalized spacial score (nSPS) is 18.7. The fraction of sp³-hybridized carbons (Fsp3) is 0.500. The van der Waals surface area contributed by atoms with Gasteiger partial charge in [0, 0.05) is 38.7 Å². The van der Waals surface area contributed by atoms with E-state index in [1.807, 2.05) is 35.9 Å². The minimum Gasteiger partial charge on any atom is -0.367 e. The lowest BCUT2D eigenvalue weighted by Gasteiger charge is -2.33. The van der Waals surface area contributed by atoms with Crippen LogP contribution >= 0.6 is 0 Å². The maximum Gasteiger partial charge on any atom is 0.220 e. The lowest BCUT2D eigenvalue weighted by molar-refractivity contribution is -0.121. The quantitative estimate of drug-likeness (QED) is 0.567. The second-order valence-corrected chi connectivity index (χ2v) is 9.03. The maximum absolute atomic E-state index is 12.5. The summed E-state index contributed by atoms with van der Waals surface area (Å²) < 4.78 is 2.04. The van der Waals surface area contributed by atoms with Gasteiger partial charge in [0.2, 0.25) is 5.91 Å². The van der Waals surface area contributed by atoms with E-state index in [-0.39, 0.29) is 5.91 Å². The van der Waals surface area contributed by atoms with Crippen molar-refractivity contribution in [3.05, 3.63) is 42.5 Å². The summed E-state index contributed by atoms with van der Waals surface area (Å²) in [5, 5.41) is 6.50. The van der Waals surface area contributed by atoms with Gasteiger partial charge in [-0.3, -0.25) is 4.79 Å². The highest BCUT2D eigenvalue weighted by Gasteiger charge is 2.24. The van der Waals surface area contributed by atoms with Gasteiger partial charge in [-0.05, 0) is 50.2 Å². The number of hydrogen-bond acceptors (Lipinski definition) is 6. The molecular formula is C24H31N7O. The van der Waals surface area contributed by atoms with Crippen LogP contribution < -0.4 is 15.5 Å². The number of carbonyl (C=O) groups excluding carboxylic acids is 1. The first-order valence-corrected chi connectivity index (χ1v) is 11.7. The molecule has 2 fully saturated rings. The van der Waals surface area contributed by atoms with Crippen molar-refractivity contribution in [2.45, 2.75) is 51.1 Å². The van der Waals surface area contributed by atoms with Crippen LogP contribution in [0.1, 0.15) is 44.3 Å². The van der Waals surface area contributed by atoms with E-state index in [9.17, 15) is 4.79 Å². The van der Waals surface area contributed by atoms with Crippen LogP contribution in [-0.2, 0) is 18.4 Å². The maximum atomic E-state index is 12.5. The van der Waals surface area contributed by atoms with E-state index in [0.717, 1.165) is 60.8 Å². The average molecular weight is 434 g/mol. The molecule has 3 aromatic rings. The molecule has 2 aliphatic rings. The zero-order valence-electron chi connectivity index (χ0n) is 18.6. The van der Waals surface area contributed by atoms with Crippen molar-refractivity contribution in [3.63, 3.8) is 0 Å². The Morgan fingerprint density at radius 3 is 2.91 bits per heavy atom.